The maximum atomic E-state index is 13.1. The monoisotopic (exact) mass is 351 g/mol. The van der Waals surface area contributed by atoms with E-state index in [1.807, 2.05) is 4.90 Å². The average Bonchev–Trinajstić information content (AvgIpc) is 2.55. The molecule has 0 aromatic rings. The van der Waals surface area contributed by atoms with Crippen LogP contribution in [-0.4, -0.2) is 59.4 Å². The van der Waals surface area contributed by atoms with Crippen molar-refractivity contribution in [1.82, 2.24) is 15.1 Å². The van der Waals surface area contributed by atoms with Gasteiger partial charge in [-0.15, -0.1) is 0 Å². The minimum absolute atomic E-state index is 0.0784. The van der Waals surface area contributed by atoms with E-state index < -0.39 is 5.54 Å². The SMILES string of the molecule is CCCN1C(=O)C(CC(C)C)NC(=O)C12CCN(CCC(C)C)CC2. The topological polar surface area (TPSA) is 52.7 Å². The van der Waals surface area contributed by atoms with Crippen molar-refractivity contribution in [2.45, 2.75) is 78.3 Å². The van der Waals surface area contributed by atoms with E-state index in [4.69, 9.17) is 0 Å². The quantitative estimate of drug-likeness (QED) is 0.767. The van der Waals surface area contributed by atoms with E-state index in [0.717, 1.165) is 45.3 Å². The van der Waals surface area contributed by atoms with Crippen LogP contribution in [0.25, 0.3) is 0 Å². The molecule has 1 spiro atoms. The molecule has 2 amide bonds. The minimum Gasteiger partial charge on any atom is -0.342 e. The molecule has 0 saturated carbocycles. The zero-order valence-corrected chi connectivity index (χ0v) is 16.8. The summed E-state index contributed by atoms with van der Waals surface area (Å²) in [6.07, 6.45) is 4.33. The molecule has 0 aromatic heterocycles. The van der Waals surface area contributed by atoms with E-state index in [1.165, 1.54) is 6.42 Å². The van der Waals surface area contributed by atoms with Gasteiger partial charge < -0.3 is 15.1 Å². The van der Waals surface area contributed by atoms with E-state index in [0.29, 0.717) is 18.4 Å². The van der Waals surface area contributed by atoms with Crippen molar-refractivity contribution >= 4 is 11.8 Å². The summed E-state index contributed by atoms with van der Waals surface area (Å²) in [5, 5.41) is 3.06. The molecule has 1 atom stereocenters. The van der Waals surface area contributed by atoms with E-state index in [2.05, 4.69) is 44.8 Å². The van der Waals surface area contributed by atoms with E-state index >= 15 is 0 Å². The highest BCUT2D eigenvalue weighted by Gasteiger charge is 2.53. The Bertz CT molecular complexity index is 468. The molecule has 144 valence electrons. The fourth-order valence-electron chi connectivity index (χ4n) is 4.14. The van der Waals surface area contributed by atoms with Crippen molar-refractivity contribution in [3.8, 4) is 0 Å². The number of piperidine rings is 1. The van der Waals surface area contributed by atoms with Gasteiger partial charge in [-0.1, -0.05) is 34.6 Å². The van der Waals surface area contributed by atoms with Crippen LogP contribution < -0.4 is 5.32 Å². The molecule has 0 aliphatic carbocycles. The first-order valence-corrected chi connectivity index (χ1v) is 10.1. The van der Waals surface area contributed by atoms with Gasteiger partial charge in [0.2, 0.25) is 11.8 Å². The normalized spacial score (nSPS) is 24.4. The summed E-state index contributed by atoms with van der Waals surface area (Å²) >= 11 is 0. The van der Waals surface area contributed by atoms with Crippen LogP contribution in [0.15, 0.2) is 0 Å². The Morgan fingerprint density at radius 1 is 1.08 bits per heavy atom. The Morgan fingerprint density at radius 3 is 2.24 bits per heavy atom. The van der Waals surface area contributed by atoms with Crippen LogP contribution in [0.5, 0.6) is 0 Å². The van der Waals surface area contributed by atoms with Gasteiger partial charge in [-0.3, -0.25) is 9.59 Å². The molecule has 2 saturated heterocycles. The molecule has 2 aliphatic heterocycles. The van der Waals surface area contributed by atoms with Gasteiger partial charge in [-0.05, 0) is 50.5 Å². The van der Waals surface area contributed by atoms with E-state index in [9.17, 15) is 9.59 Å². The molecule has 0 aromatic carbocycles. The molecule has 2 rings (SSSR count). The Balaban J connectivity index is 2.10. The van der Waals surface area contributed by atoms with Gasteiger partial charge in [0.15, 0.2) is 0 Å². The number of nitrogens with zero attached hydrogens (tertiary/aromatic N) is 2. The number of carbonyl (C=O) groups excluding carboxylic acids is 2. The van der Waals surface area contributed by atoms with Gasteiger partial charge in [-0.2, -0.15) is 0 Å². The minimum atomic E-state index is -0.616. The fraction of sp³-hybridized carbons (Fsp3) is 0.900. The summed E-state index contributed by atoms with van der Waals surface area (Å²) in [6.45, 7) is 14.4. The standard InChI is InChI=1S/C20H37N3O2/c1-6-10-23-18(24)17(14-16(4)5)21-19(25)20(23)8-12-22(13-9-20)11-7-15(2)3/h15-17H,6-14H2,1-5H3,(H,21,25). The largest absolute Gasteiger partial charge is 0.342 e. The highest BCUT2D eigenvalue weighted by molar-refractivity contribution is 6.00. The third kappa shape index (κ3) is 4.55. The van der Waals surface area contributed by atoms with Gasteiger partial charge in [0.05, 0.1) is 0 Å². The van der Waals surface area contributed by atoms with E-state index in [1.54, 1.807) is 0 Å². The molecule has 1 unspecified atom stereocenters. The number of hydrogen-bond acceptors (Lipinski definition) is 3. The second kappa shape index (κ2) is 8.52. The third-order valence-corrected chi connectivity index (χ3v) is 5.67. The lowest BCUT2D eigenvalue weighted by Gasteiger charge is -2.52. The molecular weight excluding hydrogens is 314 g/mol. The number of piperazine rings is 1. The van der Waals surface area contributed by atoms with Crippen molar-refractivity contribution in [1.29, 1.82) is 0 Å². The molecule has 1 N–H and O–H groups in total. The Labute approximate surface area is 153 Å². The first-order chi connectivity index (χ1) is 11.8. The van der Waals surface area contributed by atoms with Crippen LogP contribution in [0.1, 0.15) is 66.7 Å². The lowest BCUT2D eigenvalue weighted by Crippen LogP contribution is -2.73. The smallest absolute Gasteiger partial charge is 0.246 e. The lowest BCUT2D eigenvalue weighted by atomic mass is 9.80. The predicted octanol–water partition coefficient (Wildman–Crippen LogP) is 2.65. The van der Waals surface area contributed by atoms with Crippen LogP contribution in [0.3, 0.4) is 0 Å². The first-order valence-electron chi connectivity index (χ1n) is 10.1. The number of rotatable bonds is 7. The first kappa shape index (κ1) is 20.2. The zero-order valence-electron chi connectivity index (χ0n) is 16.8. The maximum absolute atomic E-state index is 13.1. The predicted molar refractivity (Wildman–Crippen MR) is 101 cm³/mol. The summed E-state index contributed by atoms with van der Waals surface area (Å²) in [5.74, 6) is 1.30. The fourth-order valence-corrected chi connectivity index (χ4v) is 4.14. The van der Waals surface area contributed by atoms with Crippen molar-refractivity contribution in [2.24, 2.45) is 11.8 Å². The Kier molecular flexibility index (Phi) is 6.89. The number of nitrogens with one attached hydrogen (secondary N) is 1. The Hall–Kier alpha value is -1.10. The Morgan fingerprint density at radius 2 is 1.72 bits per heavy atom. The number of carbonyl (C=O) groups is 2. The molecule has 0 radical (unpaired) electrons. The van der Waals surface area contributed by atoms with Crippen molar-refractivity contribution in [2.75, 3.05) is 26.2 Å². The zero-order chi connectivity index (χ0) is 18.6. The van der Waals surface area contributed by atoms with Crippen molar-refractivity contribution in [3.05, 3.63) is 0 Å². The summed E-state index contributed by atoms with van der Waals surface area (Å²) in [7, 11) is 0. The van der Waals surface area contributed by atoms with Gasteiger partial charge in [0.1, 0.15) is 11.6 Å². The van der Waals surface area contributed by atoms with Crippen molar-refractivity contribution in [3.63, 3.8) is 0 Å². The van der Waals surface area contributed by atoms with E-state index in [-0.39, 0.29) is 17.9 Å². The number of likely N-dealkylation sites (tertiary alicyclic amines) is 1. The van der Waals surface area contributed by atoms with Crippen LogP contribution >= 0.6 is 0 Å². The second-order valence-corrected chi connectivity index (χ2v) is 8.70. The molecule has 0 bridgehead atoms. The molecule has 2 heterocycles. The highest BCUT2D eigenvalue weighted by Crippen LogP contribution is 2.34. The number of amides is 2. The summed E-state index contributed by atoms with van der Waals surface area (Å²) in [6, 6.07) is -0.344. The average molecular weight is 352 g/mol. The maximum Gasteiger partial charge on any atom is 0.246 e. The van der Waals surface area contributed by atoms with Crippen molar-refractivity contribution < 1.29 is 9.59 Å². The molecular formula is C20H37N3O2. The summed E-state index contributed by atoms with van der Waals surface area (Å²) in [5.41, 5.74) is -0.616. The van der Waals surface area contributed by atoms with Gasteiger partial charge >= 0.3 is 0 Å². The second-order valence-electron chi connectivity index (χ2n) is 8.70. The van der Waals surface area contributed by atoms with Gasteiger partial charge in [-0.25, -0.2) is 0 Å². The van der Waals surface area contributed by atoms with Gasteiger partial charge in [0.25, 0.3) is 0 Å². The van der Waals surface area contributed by atoms with Crippen LogP contribution in [-0.2, 0) is 9.59 Å². The molecule has 5 heteroatoms. The van der Waals surface area contributed by atoms with Crippen LogP contribution in [0.4, 0.5) is 0 Å². The highest BCUT2D eigenvalue weighted by atomic mass is 16.2. The molecule has 25 heavy (non-hydrogen) atoms. The molecule has 5 nitrogen and oxygen atoms in total. The molecule has 2 fully saturated rings. The van der Waals surface area contributed by atoms with Crippen LogP contribution in [0.2, 0.25) is 0 Å². The summed E-state index contributed by atoms with van der Waals surface area (Å²) < 4.78 is 0. The number of hydrogen-bond donors (Lipinski definition) is 1. The summed E-state index contributed by atoms with van der Waals surface area (Å²) in [4.78, 5) is 30.5. The third-order valence-electron chi connectivity index (χ3n) is 5.67. The van der Waals surface area contributed by atoms with Gasteiger partial charge in [0, 0.05) is 19.6 Å². The van der Waals surface area contributed by atoms with Crippen LogP contribution in [0, 0.1) is 11.8 Å². The lowest BCUT2D eigenvalue weighted by molar-refractivity contribution is -0.161. The molecule has 2 aliphatic rings.